The van der Waals surface area contributed by atoms with E-state index in [-0.39, 0.29) is 0 Å². The summed E-state index contributed by atoms with van der Waals surface area (Å²) in [4.78, 5) is 0. The fraction of sp³-hybridized carbons (Fsp3) is 0.882. The van der Waals surface area contributed by atoms with Crippen LogP contribution in [0.3, 0.4) is 0 Å². The molecule has 2 aliphatic carbocycles. The topological polar surface area (TPSA) is 27.7 Å². The Bertz CT molecular complexity index is 423. The van der Waals surface area contributed by atoms with E-state index in [4.69, 9.17) is 12.7 Å². The first kappa shape index (κ1) is 19.6. The molecule has 134 valence electrons. The highest BCUT2D eigenvalue weighted by molar-refractivity contribution is 6.85. The van der Waals surface area contributed by atoms with Crippen molar-refractivity contribution in [3.05, 3.63) is 12.2 Å². The number of rotatable bonds is 9. The van der Waals surface area contributed by atoms with Crippen LogP contribution in [0.2, 0.25) is 45.3 Å². The predicted molar refractivity (Wildman–Crippen MR) is 105 cm³/mol. The Morgan fingerprint density at radius 2 is 1.65 bits per heavy atom. The zero-order chi connectivity index (χ0) is 17.4. The van der Waals surface area contributed by atoms with Crippen LogP contribution in [0.1, 0.15) is 32.6 Å². The minimum atomic E-state index is -2.59. The fourth-order valence-electron chi connectivity index (χ4n) is 3.97. The van der Waals surface area contributed by atoms with Crippen LogP contribution in [0.4, 0.5) is 0 Å². The maximum Gasteiger partial charge on any atom is 0.480 e. The standard InChI is InChI=1S/C17H36O3Si3/c1-8-18-23(19-21(2,3)4,20-22(5,6)7)14-13-17-11-9-16(15-17)10-12-17/h9,11,16H,8,10,12-15H2,1-7H3. The Balaban J connectivity index is 2.14. The van der Waals surface area contributed by atoms with Crippen molar-refractivity contribution in [2.45, 2.75) is 77.9 Å². The Kier molecular flexibility index (Phi) is 5.86. The zero-order valence-corrected chi connectivity index (χ0v) is 19.2. The average Bonchev–Trinajstić information content (AvgIpc) is 2.93. The molecule has 0 aromatic rings. The minimum Gasteiger partial charge on any atom is -0.416 e. The molecule has 0 saturated heterocycles. The van der Waals surface area contributed by atoms with E-state index in [1.54, 1.807) is 0 Å². The molecule has 2 atom stereocenters. The number of hydrogen-bond donors (Lipinski definition) is 0. The maximum atomic E-state index is 6.65. The highest BCUT2D eigenvalue weighted by Gasteiger charge is 2.50. The predicted octanol–water partition coefficient (Wildman–Crippen LogP) is 5.41. The van der Waals surface area contributed by atoms with Gasteiger partial charge in [-0.05, 0) is 83.2 Å². The van der Waals surface area contributed by atoms with Crippen molar-refractivity contribution in [1.29, 1.82) is 0 Å². The lowest BCUT2D eigenvalue weighted by Crippen LogP contribution is -2.57. The van der Waals surface area contributed by atoms with E-state index >= 15 is 0 Å². The molecule has 0 spiro atoms. The van der Waals surface area contributed by atoms with Crippen molar-refractivity contribution >= 4 is 25.4 Å². The van der Waals surface area contributed by atoms with Gasteiger partial charge in [-0.15, -0.1) is 0 Å². The molecule has 1 saturated carbocycles. The quantitative estimate of drug-likeness (QED) is 0.400. The molecular formula is C17H36O3Si3. The molecule has 23 heavy (non-hydrogen) atoms. The summed E-state index contributed by atoms with van der Waals surface area (Å²) in [7, 11) is -6.02. The van der Waals surface area contributed by atoms with Gasteiger partial charge in [0.1, 0.15) is 0 Å². The van der Waals surface area contributed by atoms with Gasteiger partial charge in [-0.3, -0.25) is 0 Å². The lowest BCUT2D eigenvalue weighted by Gasteiger charge is -2.40. The highest BCUT2D eigenvalue weighted by Crippen LogP contribution is 2.52. The first-order valence-corrected chi connectivity index (χ1v) is 18.0. The minimum absolute atomic E-state index is 0.408. The van der Waals surface area contributed by atoms with Gasteiger partial charge in [0.15, 0.2) is 16.6 Å². The summed E-state index contributed by atoms with van der Waals surface area (Å²) in [6, 6.07) is 0.979. The van der Waals surface area contributed by atoms with Crippen LogP contribution < -0.4 is 0 Å². The van der Waals surface area contributed by atoms with Gasteiger partial charge in [0.2, 0.25) is 0 Å². The van der Waals surface area contributed by atoms with Crippen LogP contribution in [0.5, 0.6) is 0 Å². The van der Waals surface area contributed by atoms with E-state index in [9.17, 15) is 0 Å². The molecule has 2 unspecified atom stereocenters. The molecular weight excluding hydrogens is 336 g/mol. The second-order valence-corrected chi connectivity index (χ2v) is 21.5. The molecule has 2 rings (SSSR count). The summed E-state index contributed by atoms with van der Waals surface area (Å²) >= 11 is 0. The average molecular weight is 373 g/mol. The Morgan fingerprint density at radius 3 is 2.00 bits per heavy atom. The third-order valence-corrected chi connectivity index (χ3v) is 13.6. The number of fused-ring (bicyclic) bond motifs is 2. The van der Waals surface area contributed by atoms with Gasteiger partial charge >= 0.3 is 8.80 Å². The Hall–Kier alpha value is 0.271. The van der Waals surface area contributed by atoms with Crippen LogP contribution in [0.25, 0.3) is 0 Å². The second-order valence-electron chi connectivity index (χ2n) is 9.27. The van der Waals surface area contributed by atoms with Crippen LogP contribution in [-0.2, 0) is 12.7 Å². The molecule has 6 heteroatoms. The van der Waals surface area contributed by atoms with Crippen LogP contribution in [-0.4, -0.2) is 32.0 Å². The smallest absolute Gasteiger partial charge is 0.416 e. The summed E-state index contributed by atoms with van der Waals surface area (Å²) in [5.74, 6) is 0.828. The number of allylic oxidation sites excluding steroid dienone is 2. The molecule has 3 nitrogen and oxygen atoms in total. The molecule has 2 aliphatic rings. The van der Waals surface area contributed by atoms with Gasteiger partial charge in [0, 0.05) is 12.7 Å². The van der Waals surface area contributed by atoms with E-state index in [1.807, 2.05) is 0 Å². The first-order chi connectivity index (χ1) is 10.5. The summed E-state index contributed by atoms with van der Waals surface area (Å²) in [5, 5.41) is 0. The molecule has 0 radical (unpaired) electrons. The van der Waals surface area contributed by atoms with E-state index in [1.165, 1.54) is 25.7 Å². The van der Waals surface area contributed by atoms with E-state index in [0.717, 1.165) is 12.0 Å². The maximum absolute atomic E-state index is 6.65. The Labute approximate surface area is 146 Å². The van der Waals surface area contributed by atoms with Crippen molar-refractivity contribution in [2.75, 3.05) is 6.61 Å². The number of hydrogen-bond acceptors (Lipinski definition) is 3. The van der Waals surface area contributed by atoms with Crippen molar-refractivity contribution in [1.82, 2.24) is 0 Å². The van der Waals surface area contributed by atoms with E-state index in [2.05, 4.69) is 58.4 Å². The first-order valence-electron chi connectivity index (χ1n) is 9.20. The molecule has 1 fully saturated rings. The molecule has 2 bridgehead atoms. The fourth-order valence-corrected chi connectivity index (χ4v) is 14.7. The van der Waals surface area contributed by atoms with E-state index < -0.39 is 25.4 Å². The summed E-state index contributed by atoms with van der Waals surface area (Å²) in [6.45, 7) is 16.3. The summed E-state index contributed by atoms with van der Waals surface area (Å²) in [5.41, 5.74) is 0.408. The molecule has 0 heterocycles. The van der Waals surface area contributed by atoms with Gasteiger partial charge in [0.05, 0.1) is 0 Å². The third kappa shape index (κ3) is 5.64. The van der Waals surface area contributed by atoms with Crippen LogP contribution in [0.15, 0.2) is 12.2 Å². The second kappa shape index (κ2) is 6.88. The van der Waals surface area contributed by atoms with Gasteiger partial charge < -0.3 is 12.7 Å². The molecule has 0 N–H and O–H groups in total. The highest BCUT2D eigenvalue weighted by atomic mass is 28.5. The van der Waals surface area contributed by atoms with Crippen molar-refractivity contribution in [3.63, 3.8) is 0 Å². The van der Waals surface area contributed by atoms with Gasteiger partial charge in [-0.2, -0.15) is 0 Å². The van der Waals surface area contributed by atoms with Gasteiger partial charge in [0.25, 0.3) is 0 Å². The lowest BCUT2D eigenvalue weighted by molar-refractivity contribution is 0.163. The van der Waals surface area contributed by atoms with Gasteiger partial charge in [-0.25, -0.2) is 0 Å². The van der Waals surface area contributed by atoms with Crippen molar-refractivity contribution in [3.8, 4) is 0 Å². The van der Waals surface area contributed by atoms with Crippen LogP contribution >= 0.6 is 0 Å². The van der Waals surface area contributed by atoms with E-state index in [0.29, 0.717) is 12.0 Å². The SMILES string of the molecule is CCO[Si](CCC12C=CC(CC1)C2)(O[Si](C)(C)C)O[Si](C)(C)C. The van der Waals surface area contributed by atoms with Crippen molar-refractivity contribution < 1.29 is 12.7 Å². The summed E-state index contributed by atoms with van der Waals surface area (Å²) < 4.78 is 19.6. The molecule has 0 aromatic heterocycles. The van der Waals surface area contributed by atoms with Gasteiger partial charge in [-0.1, -0.05) is 12.2 Å². The zero-order valence-electron chi connectivity index (χ0n) is 16.2. The Morgan fingerprint density at radius 1 is 1.04 bits per heavy atom. The molecule has 0 aromatic carbocycles. The monoisotopic (exact) mass is 372 g/mol. The third-order valence-electron chi connectivity index (χ3n) is 4.62. The molecule has 0 amide bonds. The normalized spacial score (nSPS) is 27.9. The largest absolute Gasteiger partial charge is 0.480 e. The molecule has 0 aliphatic heterocycles. The van der Waals surface area contributed by atoms with Crippen LogP contribution in [0, 0.1) is 11.3 Å². The summed E-state index contributed by atoms with van der Waals surface area (Å²) in [6.07, 6.45) is 10.1. The lowest BCUT2D eigenvalue weighted by atomic mass is 9.85. The van der Waals surface area contributed by atoms with Crippen molar-refractivity contribution in [2.24, 2.45) is 11.3 Å².